The summed E-state index contributed by atoms with van der Waals surface area (Å²) >= 11 is 0. The zero-order valence-electron chi connectivity index (χ0n) is 15.0. The highest BCUT2D eigenvalue weighted by Gasteiger charge is 2.14. The number of para-hydroxylation sites is 1. The van der Waals surface area contributed by atoms with E-state index in [1.165, 1.54) is 30.5 Å². The fourth-order valence-electron chi connectivity index (χ4n) is 2.38. The number of rotatable bonds is 9. The Balaban J connectivity index is 1.48. The Morgan fingerprint density at radius 3 is 2.39 bits per heavy atom. The van der Waals surface area contributed by atoms with Crippen molar-refractivity contribution in [2.75, 3.05) is 11.9 Å². The summed E-state index contributed by atoms with van der Waals surface area (Å²) in [6.07, 6.45) is 1.66. The molecule has 0 unspecified atom stereocenters. The van der Waals surface area contributed by atoms with Gasteiger partial charge >= 0.3 is 0 Å². The fraction of sp³-hybridized carbons (Fsp3) is 0.150. The number of sulfonamides is 1. The number of furan rings is 1. The number of hydrogen-bond donors (Lipinski definition) is 2. The van der Waals surface area contributed by atoms with Crippen molar-refractivity contribution in [3.05, 3.63) is 78.8 Å². The van der Waals surface area contributed by atoms with Crippen LogP contribution in [0, 0.1) is 0 Å². The molecule has 0 fully saturated rings. The first kappa shape index (κ1) is 19.7. The summed E-state index contributed by atoms with van der Waals surface area (Å²) < 4.78 is 37.6. The van der Waals surface area contributed by atoms with Gasteiger partial charge in [-0.1, -0.05) is 18.2 Å². The molecule has 0 saturated carbocycles. The van der Waals surface area contributed by atoms with Crippen molar-refractivity contribution in [2.45, 2.75) is 17.9 Å². The SMILES string of the molecule is O=C(CCOc1ccccc1)Nc1ccc(S(=O)(=O)NCc2ccco2)cc1. The van der Waals surface area contributed by atoms with E-state index in [-0.39, 0.29) is 30.4 Å². The third-order valence-corrected chi connectivity index (χ3v) is 5.22. The molecule has 0 atom stereocenters. The van der Waals surface area contributed by atoms with Crippen molar-refractivity contribution in [2.24, 2.45) is 0 Å². The molecule has 0 radical (unpaired) electrons. The largest absolute Gasteiger partial charge is 0.493 e. The van der Waals surface area contributed by atoms with E-state index in [0.717, 1.165) is 0 Å². The predicted molar refractivity (Wildman–Crippen MR) is 104 cm³/mol. The van der Waals surface area contributed by atoms with Crippen molar-refractivity contribution in [3.8, 4) is 5.75 Å². The number of hydrogen-bond acceptors (Lipinski definition) is 5. The molecule has 0 aliphatic carbocycles. The average Bonchev–Trinajstić information content (AvgIpc) is 3.21. The molecule has 1 heterocycles. The summed E-state index contributed by atoms with van der Waals surface area (Å²) in [6.45, 7) is 0.314. The van der Waals surface area contributed by atoms with E-state index < -0.39 is 10.0 Å². The van der Waals surface area contributed by atoms with E-state index >= 15 is 0 Å². The van der Waals surface area contributed by atoms with Gasteiger partial charge in [-0.25, -0.2) is 13.1 Å². The van der Waals surface area contributed by atoms with Gasteiger partial charge in [-0.15, -0.1) is 0 Å². The molecule has 3 aromatic rings. The van der Waals surface area contributed by atoms with Gasteiger partial charge in [-0.3, -0.25) is 4.79 Å². The number of anilines is 1. The molecule has 0 bridgehead atoms. The van der Waals surface area contributed by atoms with Gasteiger partial charge in [0.2, 0.25) is 15.9 Å². The number of carbonyl (C=O) groups is 1. The van der Waals surface area contributed by atoms with E-state index in [9.17, 15) is 13.2 Å². The number of ether oxygens (including phenoxy) is 1. The third kappa shape index (κ3) is 5.70. The fourth-order valence-corrected chi connectivity index (χ4v) is 3.38. The van der Waals surface area contributed by atoms with Crippen molar-refractivity contribution >= 4 is 21.6 Å². The monoisotopic (exact) mass is 400 g/mol. The van der Waals surface area contributed by atoms with E-state index in [1.807, 2.05) is 30.3 Å². The number of amides is 1. The lowest BCUT2D eigenvalue weighted by Crippen LogP contribution is -2.23. The zero-order chi connectivity index (χ0) is 19.8. The highest BCUT2D eigenvalue weighted by Crippen LogP contribution is 2.15. The lowest BCUT2D eigenvalue weighted by Gasteiger charge is -2.09. The molecule has 1 amide bonds. The molecule has 8 heteroatoms. The van der Waals surface area contributed by atoms with E-state index in [1.54, 1.807) is 12.1 Å². The second-order valence-electron chi connectivity index (χ2n) is 5.89. The van der Waals surface area contributed by atoms with Crippen molar-refractivity contribution < 1.29 is 22.4 Å². The van der Waals surface area contributed by atoms with E-state index in [2.05, 4.69) is 10.0 Å². The van der Waals surface area contributed by atoms with Crippen LogP contribution in [-0.2, 0) is 21.4 Å². The maximum atomic E-state index is 12.3. The van der Waals surface area contributed by atoms with Gasteiger partial charge in [0.1, 0.15) is 11.5 Å². The van der Waals surface area contributed by atoms with Crippen LogP contribution in [0.5, 0.6) is 5.75 Å². The van der Waals surface area contributed by atoms with Crippen molar-refractivity contribution in [3.63, 3.8) is 0 Å². The van der Waals surface area contributed by atoms with Crippen LogP contribution in [0.1, 0.15) is 12.2 Å². The minimum absolute atomic E-state index is 0.0647. The number of nitrogens with one attached hydrogen (secondary N) is 2. The molecule has 3 rings (SSSR count). The molecule has 2 N–H and O–H groups in total. The normalized spacial score (nSPS) is 11.1. The lowest BCUT2D eigenvalue weighted by atomic mass is 10.3. The summed E-state index contributed by atoms with van der Waals surface area (Å²) in [5.41, 5.74) is 0.509. The van der Waals surface area contributed by atoms with Crippen LogP contribution < -0.4 is 14.8 Å². The summed E-state index contributed by atoms with van der Waals surface area (Å²) in [7, 11) is -3.67. The Hall–Kier alpha value is -3.10. The molecule has 146 valence electrons. The molecule has 7 nitrogen and oxygen atoms in total. The first-order valence-corrected chi connectivity index (χ1v) is 10.1. The molecule has 0 aliphatic rings. The van der Waals surface area contributed by atoms with Gasteiger partial charge in [0.25, 0.3) is 0 Å². The Kier molecular flexibility index (Phi) is 6.46. The van der Waals surface area contributed by atoms with Crippen molar-refractivity contribution in [1.29, 1.82) is 0 Å². The number of benzene rings is 2. The smallest absolute Gasteiger partial charge is 0.240 e. The van der Waals surface area contributed by atoms with Gasteiger partial charge < -0.3 is 14.5 Å². The minimum atomic E-state index is -3.67. The maximum absolute atomic E-state index is 12.3. The summed E-state index contributed by atoms with van der Waals surface area (Å²) in [5, 5.41) is 2.71. The quantitative estimate of drug-likeness (QED) is 0.575. The molecule has 0 spiro atoms. The Morgan fingerprint density at radius 1 is 0.964 bits per heavy atom. The summed E-state index contributed by atoms with van der Waals surface area (Å²) in [4.78, 5) is 12.1. The highest BCUT2D eigenvalue weighted by atomic mass is 32.2. The van der Waals surface area contributed by atoms with Gasteiger partial charge in [-0.05, 0) is 48.5 Å². The Labute approximate surface area is 163 Å². The van der Waals surface area contributed by atoms with Crippen LogP contribution in [0.3, 0.4) is 0 Å². The van der Waals surface area contributed by atoms with Gasteiger partial charge in [0.15, 0.2) is 0 Å². The van der Waals surface area contributed by atoms with Gasteiger partial charge in [0.05, 0.1) is 30.7 Å². The van der Waals surface area contributed by atoms with E-state index in [4.69, 9.17) is 9.15 Å². The first-order valence-electron chi connectivity index (χ1n) is 8.63. The minimum Gasteiger partial charge on any atom is -0.493 e. The average molecular weight is 400 g/mol. The Morgan fingerprint density at radius 2 is 1.71 bits per heavy atom. The Bertz CT molecular complexity index is 985. The molecule has 0 aliphatic heterocycles. The van der Waals surface area contributed by atoms with Crippen LogP contribution in [0.25, 0.3) is 0 Å². The van der Waals surface area contributed by atoms with Crippen LogP contribution in [0.2, 0.25) is 0 Å². The second-order valence-corrected chi connectivity index (χ2v) is 7.65. The predicted octanol–water partition coefficient (Wildman–Crippen LogP) is 3.17. The van der Waals surface area contributed by atoms with Crippen LogP contribution in [0.15, 0.2) is 82.3 Å². The van der Waals surface area contributed by atoms with E-state index in [0.29, 0.717) is 17.2 Å². The van der Waals surface area contributed by atoms with Gasteiger partial charge in [-0.2, -0.15) is 0 Å². The molecule has 2 aromatic carbocycles. The first-order chi connectivity index (χ1) is 13.5. The van der Waals surface area contributed by atoms with Crippen LogP contribution in [0.4, 0.5) is 5.69 Å². The van der Waals surface area contributed by atoms with Gasteiger partial charge in [0, 0.05) is 5.69 Å². The topological polar surface area (TPSA) is 97.6 Å². The summed E-state index contributed by atoms with van der Waals surface area (Å²) in [5.74, 6) is 1.000. The van der Waals surface area contributed by atoms with Crippen LogP contribution >= 0.6 is 0 Å². The number of carbonyl (C=O) groups excluding carboxylic acids is 1. The zero-order valence-corrected chi connectivity index (χ0v) is 15.8. The lowest BCUT2D eigenvalue weighted by molar-refractivity contribution is -0.116. The highest BCUT2D eigenvalue weighted by molar-refractivity contribution is 7.89. The summed E-state index contributed by atoms with van der Waals surface area (Å²) in [6, 6.07) is 18.5. The molecule has 1 aromatic heterocycles. The maximum Gasteiger partial charge on any atom is 0.240 e. The third-order valence-electron chi connectivity index (χ3n) is 3.81. The molecule has 28 heavy (non-hydrogen) atoms. The molecular weight excluding hydrogens is 380 g/mol. The second kappa shape index (κ2) is 9.20. The standard InChI is InChI=1S/C20H20N2O5S/c23-20(12-14-27-17-5-2-1-3-6-17)22-16-8-10-19(11-9-16)28(24,25)21-15-18-7-4-13-26-18/h1-11,13,21H,12,14-15H2,(H,22,23). The molecule has 0 saturated heterocycles. The molecular formula is C20H20N2O5S. The van der Waals surface area contributed by atoms with Crippen molar-refractivity contribution in [1.82, 2.24) is 4.72 Å². The van der Waals surface area contributed by atoms with Crippen LogP contribution in [-0.4, -0.2) is 20.9 Å².